The summed E-state index contributed by atoms with van der Waals surface area (Å²) in [5.74, 6) is 0.523. The van der Waals surface area contributed by atoms with E-state index in [4.69, 9.17) is 0 Å². The first-order chi connectivity index (χ1) is 12.4. The predicted molar refractivity (Wildman–Crippen MR) is 108 cm³/mol. The molecule has 3 rings (SSSR count). The van der Waals surface area contributed by atoms with Crippen molar-refractivity contribution in [3.63, 3.8) is 0 Å². The summed E-state index contributed by atoms with van der Waals surface area (Å²) in [4.78, 5) is 18.8. The van der Waals surface area contributed by atoms with Crippen molar-refractivity contribution in [2.45, 2.75) is 40.0 Å². The van der Waals surface area contributed by atoms with Gasteiger partial charge in [0, 0.05) is 29.9 Å². The van der Waals surface area contributed by atoms with Crippen LogP contribution in [0.2, 0.25) is 0 Å². The third-order valence-corrected chi connectivity index (χ3v) is 4.56. The molecule has 5 heteroatoms. The zero-order valence-corrected chi connectivity index (χ0v) is 15.9. The number of hydrogen-bond acceptors (Lipinski definition) is 4. The van der Waals surface area contributed by atoms with Crippen molar-refractivity contribution in [3.8, 4) is 0 Å². The molecule has 2 heterocycles. The highest BCUT2D eigenvalue weighted by Gasteiger charge is 2.21. The van der Waals surface area contributed by atoms with E-state index in [0.717, 1.165) is 24.5 Å². The summed E-state index contributed by atoms with van der Waals surface area (Å²) in [5.41, 5.74) is 2.77. The zero-order chi connectivity index (χ0) is 18.6. The lowest BCUT2D eigenvalue weighted by Crippen LogP contribution is -2.29. The van der Waals surface area contributed by atoms with Gasteiger partial charge >= 0.3 is 0 Å². The first-order valence-corrected chi connectivity index (χ1v) is 9.31. The Balaban J connectivity index is 1.59. The van der Waals surface area contributed by atoms with Crippen LogP contribution in [0.4, 0.5) is 22.9 Å². The fraction of sp³-hybridized carbons (Fsp3) is 0.429. The zero-order valence-electron chi connectivity index (χ0n) is 15.9. The van der Waals surface area contributed by atoms with Crippen LogP contribution in [0.1, 0.15) is 40.0 Å². The van der Waals surface area contributed by atoms with Gasteiger partial charge in [-0.2, -0.15) is 0 Å². The van der Waals surface area contributed by atoms with Crippen LogP contribution in [0.25, 0.3) is 0 Å². The van der Waals surface area contributed by atoms with E-state index in [1.54, 1.807) is 6.20 Å². The minimum atomic E-state index is -0.436. The molecule has 1 aliphatic rings. The molecule has 0 unspecified atom stereocenters. The van der Waals surface area contributed by atoms with Crippen molar-refractivity contribution in [2.24, 2.45) is 5.41 Å². The van der Waals surface area contributed by atoms with Crippen LogP contribution >= 0.6 is 0 Å². The molecule has 0 radical (unpaired) electrons. The maximum Gasteiger partial charge on any atom is 0.230 e. The molecule has 1 fully saturated rings. The molecule has 1 aromatic carbocycles. The molecular formula is C21H28N4O. The van der Waals surface area contributed by atoms with Gasteiger partial charge in [0.2, 0.25) is 5.91 Å². The third kappa shape index (κ3) is 4.75. The molecule has 0 aliphatic carbocycles. The summed E-state index contributed by atoms with van der Waals surface area (Å²) in [6.45, 7) is 7.94. The normalized spacial score (nSPS) is 14.8. The van der Waals surface area contributed by atoms with Crippen LogP contribution in [0.5, 0.6) is 0 Å². The lowest BCUT2D eigenvalue weighted by molar-refractivity contribution is -0.123. The molecule has 0 bridgehead atoms. The van der Waals surface area contributed by atoms with E-state index in [0.29, 0.717) is 5.82 Å². The predicted octanol–water partition coefficient (Wildman–Crippen LogP) is 4.80. The molecule has 1 aliphatic heterocycles. The first kappa shape index (κ1) is 18.2. The van der Waals surface area contributed by atoms with Crippen molar-refractivity contribution in [1.29, 1.82) is 0 Å². The van der Waals surface area contributed by atoms with Gasteiger partial charge in [-0.05, 0) is 55.7 Å². The minimum Gasteiger partial charge on any atom is -0.372 e. The van der Waals surface area contributed by atoms with E-state index in [-0.39, 0.29) is 5.91 Å². The number of carbonyl (C=O) groups is 1. The summed E-state index contributed by atoms with van der Waals surface area (Å²) < 4.78 is 0. The van der Waals surface area contributed by atoms with Crippen molar-refractivity contribution in [2.75, 3.05) is 28.6 Å². The average Bonchev–Trinajstić information content (AvgIpc) is 2.64. The van der Waals surface area contributed by atoms with Gasteiger partial charge in [0.05, 0.1) is 11.9 Å². The Morgan fingerprint density at radius 3 is 2.19 bits per heavy atom. The van der Waals surface area contributed by atoms with E-state index in [1.165, 1.54) is 24.9 Å². The Labute approximate surface area is 155 Å². The molecule has 0 spiro atoms. The lowest BCUT2D eigenvalue weighted by Gasteiger charge is -2.28. The number of aromatic nitrogens is 1. The van der Waals surface area contributed by atoms with Crippen LogP contribution in [0, 0.1) is 5.41 Å². The number of nitrogens with one attached hydrogen (secondary N) is 2. The molecule has 0 atom stereocenters. The molecule has 2 aromatic rings. The summed E-state index contributed by atoms with van der Waals surface area (Å²) >= 11 is 0. The fourth-order valence-electron chi connectivity index (χ4n) is 2.92. The maximum atomic E-state index is 12.0. The Bertz CT molecular complexity index is 726. The second-order valence-corrected chi connectivity index (χ2v) is 7.86. The van der Waals surface area contributed by atoms with E-state index in [2.05, 4.69) is 44.8 Å². The summed E-state index contributed by atoms with van der Waals surface area (Å²) in [7, 11) is 0. The highest BCUT2D eigenvalue weighted by molar-refractivity contribution is 5.93. The van der Waals surface area contributed by atoms with E-state index in [9.17, 15) is 4.79 Å². The molecule has 0 saturated carbocycles. The Kier molecular flexibility index (Phi) is 5.45. The van der Waals surface area contributed by atoms with Crippen LogP contribution < -0.4 is 15.5 Å². The van der Waals surface area contributed by atoms with Crippen LogP contribution in [0.3, 0.4) is 0 Å². The van der Waals surface area contributed by atoms with Gasteiger partial charge in [-0.15, -0.1) is 0 Å². The Morgan fingerprint density at radius 2 is 1.62 bits per heavy atom. The molecule has 138 valence electrons. The highest BCUT2D eigenvalue weighted by Crippen LogP contribution is 2.24. The van der Waals surface area contributed by atoms with Gasteiger partial charge in [-0.3, -0.25) is 4.79 Å². The number of carbonyl (C=O) groups excluding carboxylic acids is 1. The molecule has 2 N–H and O–H groups in total. The van der Waals surface area contributed by atoms with Crippen LogP contribution in [-0.4, -0.2) is 24.0 Å². The summed E-state index contributed by atoms with van der Waals surface area (Å²) in [6.07, 6.45) is 5.64. The molecule has 1 aromatic heterocycles. The van der Waals surface area contributed by atoms with E-state index < -0.39 is 5.41 Å². The number of benzene rings is 1. The average molecular weight is 352 g/mol. The Morgan fingerprint density at radius 1 is 0.962 bits per heavy atom. The molecule has 5 nitrogen and oxygen atoms in total. The highest BCUT2D eigenvalue weighted by atomic mass is 16.2. The van der Waals surface area contributed by atoms with Crippen molar-refractivity contribution >= 4 is 28.8 Å². The van der Waals surface area contributed by atoms with Gasteiger partial charge in [-0.1, -0.05) is 20.8 Å². The second-order valence-electron chi connectivity index (χ2n) is 7.86. The van der Waals surface area contributed by atoms with Crippen molar-refractivity contribution in [3.05, 3.63) is 42.6 Å². The lowest BCUT2D eigenvalue weighted by atomic mass is 9.96. The quantitative estimate of drug-likeness (QED) is 0.830. The number of anilines is 4. The fourth-order valence-corrected chi connectivity index (χ4v) is 2.92. The summed E-state index contributed by atoms with van der Waals surface area (Å²) in [6, 6.07) is 12.3. The number of pyridine rings is 1. The Hall–Kier alpha value is -2.56. The number of amides is 1. The minimum absolute atomic E-state index is 0.0426. The number of nitrogens with zero attached hydrogens (tertiary/aromatic N) is 2. The van der Waals surface area contributed by atoms with Crippen LogP contribution in [0.15, 0.2) is 42.6 Å². The molecule has 1 saturated heterocycles. The van der Waals surface area contributed by atoms with Crippen molar-refractivity contribution < 1.29 is 4.79 Å². The third-order valence-electron chi connectivity index (χ3n) is 4.56. The van der Waals surface area contributed by atoms with Gasteiger partial charge in [-0.25, -0.2) is 4.98 Å². The molecule has 26 heavy (non-hydrogen) atoms. The molecular weight excluding hydrogens is 324 g/mol. The second kappa shape index (κ2) is 7.77. The van der Waals surface area contributed by atoms with Crippen LogP contribution in [-0.2, 0) is 4.79 Å². The SMILES string of the molecule is CC(C)(C)C(=O)Nc1ccc(Nc2ccc(N3CCCCC3)cc2)cn1. The first-order valence-electron chi connectivity index (χ1n) is 9.31. The van der Waals surface area contributed by atoms with Gasteiger partial charge in [0.1, 0.15) is 5.82 Å². The van der Waals surface area contributed by atoms with Crippen molar-refractivity contribution in [1.82, 2.24) is 4.98 Å². The monoisotopic (exact) mass is 352 g/mol. The van der Waals surface area contributed by atoms with Gasteiger partial charge in [0.25, 0.3) is 0 Å². The summed E-state index contributed by atoms with van der Waals surface area (Å²) in [5, 5.41) is 6.18. The number of hydrogen-bond donors (Lipinski definition) is 2. The molecule has 1 amide bonds. The van der Waals surface area contributed by atoms with Gasteiger partial charge in [0.15, 0.2) is 0 Å². The van der Waals surface area contributed by atoms with E-state index in [1.807, 2.05) is 32.9 Å². The maximum absolute atomic E-state index is 12.0. The number of piperidine rings is 1. The smallest absolute Gasteiger partial charge is 0.230 e. The standard InChI is InChI=1S/C21H28N4O/c1-21(2,3)20(26)24-19-12-9-17(15-22-19)23-16-7-10-18(11-8-16)25-13-5-4-6-14-25/h7-12,15,23H,4-6,13-14H2,1-3H3,(H,22,24,26). The van der Waals surface area contributed by atoms with E-state index >= 15 is 0 Å². The van der Waals surface area contributed by atoms with Gasteiger partial charge < -0.3 is 15.5 Å². The largest absolute Gasteiger partial charge is 0.372 e. The topological polar surface area (TPSA) is 57.3 Å². The number of rotatable bonds is 4.